The fourth-order valence-corrected chi connectivity index (χ4v) is 3.81. The lowest BCUT2D eigenvalue weighted by molar-refractivity contribution is 0.102. The summed E-state index contributed by atoms with van der Waals surface area (Å²) in [6.45, 7) is 0. The Morgan fingerprint density at radius 1 is 0.658 bits per heavy atom. The van der Waals surface area contributed by atoms with Crippen LogP contribution in [0.15, 0.2) is 97.1 Å². The topological polar surface area (TPSA) is 106 Å². The van der Waals surface area contributed by atoms with Gasteiger partial charge < -0.3 is 19.9 Å². The number of benzene rings is 4. The van der Waals surface area contributed by atoms with Crippen LogP contribution in [0.4, 0.5) is 5.69 Å². The predicted molar refractivity (Wildman–Crippen MR) is 145 cm³/mol. The molecule has 4 aromatic carbocycles. The SMILES string of the molecule is COc1ccc(C(=O)Nc2ccc(-c3nc(-c4ccc(OC)cc4)nc(-c4ccccc4O)n3)cc2)cc1. The molecule has 0 aliphatic heterocycles. The van der Waals surface area contributed by atoms with E-state index in [9.17, 15) is 9.90 Å². The molecule has 1 aromatic heterocycles. The molecule has 8 nitrogen and oxygen atoms in total. The van der Waals surface area contributed by atoms with Crippen LogP contribution in [0, 0.1) is 0 Å². The highest BCUT2D eigenvalue weighted by atomic mass is 16.5. The average Bonchev–Trinajstić information content (AvgIpc) is 2.97. The molecular weight excluding hydrogens is 480 g/mol. The number of aromatic hydroxyl groups is 1. The number of hydrogen-bond acceptors (Lipinski definition) is 7. The van der Waals surface area contributed by atoms with E-state index in [2.05, 4.69) is 15.3 Å². The van der Waals surface area contributed by atoms with Crippen molar-refractivity contribution in [1.82, 2.24) is 15.0 Å². The number of carbonyl (C=O) groups is 1. The Hall–Kier alpha value is -5.24. The van der Waals surface area contributed by atoms with E-state index in [1.165, 1.54) is 0 Å². The molecule has 1 amide bonds. The van der Waals surface area contributed by atoms with E-state index in [0.717, 1.165) is 16.9 Å². The van der Waals surface area contributed by atoms with Gasteiger partial charge in [-0.3, -0.25) is 4.79 Å². The Morgan fingerprint density at radius 3 is 1.71 bits per heavy atom. The summed E-state index contributed by atoms with van der Waals surface area (Å²) in [5.74, 6) is 2.46. The number of methoxy groups -OCH3 is 2. The largest absolute Gasteiger partial charge is 0.507 e. The number of nitrogens with zero attached hydrogens (tertiary/aromatic N) is 3. The van der Waals surface area contributed by atoms with Gasteiger partial charge in [-0.15, -0.1) is 0 Å². The minimum atomic E-state index is -0.232. The standard InChI is InChI=1S/C30H24N4O4/c1-37-23-15-9-20(10-16-23)28-32-27(33-29(34-28)25-5-3-4-6-26(25)35)19-7-13-22(14-8-19)31-30(36)21-11-17-24(38-2)18-12-21/h3-18,35H,1-2H3,(H,31,36). The fraction of sp³-hybridized carbons (Fsp3) is 0.0667. The summed E-state index contributed by atoms with van der Waals surface area (Å²) >= 11 is 0. The summed E-state index contributed by atoms with van der Waals surface area (Å²) < 4.78 is 10.4. The van der Waals surface area contributed by atoms with Gasteiger partial charge in [0, 0.05) is 22.4 Å². The van der Waals surface area contributed by atoms with E-state index in [0.29, 0.717) is 40.0 Å². The fourth-order valence-electron chi connectivity index (χ4n) is 3.81. The molecule has 0 aliphatic carbocycles. The molecule has 0 saturated carbocycles. The number of ether oxygens (including phenoxy) is 2. The molecule has 2 N–H and O–H groups in total. The quantitative estimate of drug-likeness (QED) is 0.286. The van der Waals surface area contributed by atoms with Crippen LogP contribution in [0.3, 0.4) is 0 Å². The number of aromatic nitrogens is 3. The second-order valence-electron chi connectivity index (χ2n) is 8.31. The lowest BCUT2D eigenvalue weighted by Crippen LogP contribution is -2.11. The van der Waals surface area contributed by atoms with E-state index in [1.807, 2.05) is 42.5 Å². The van der Waals surface area contributed by atoms with Crippen LogP contribution < -0.4 is 14.8 Å². The summed E-state index contributed by atoms with van der Waals surface area (Å²) in [5.41, 5.74) is 3.13. The summed E-state index contributed by atoms with van der Waals surface area (Å²) in [7, 11) is 3.18. The molecule has 0 atom stereocenters. The molecular formula is C30H24N4O4. The predicted octanol–water partition coefficient (Wildman–Crippen LogP) is 5.85. The van der Waals surface area contributed by atoms with Gasteiger partial charge in [0.25, 0.3) is 5.91 Å². The second kappa shape index (κ2) is 10.8. The van der Waals surface area contributed by atoms with Gasteiger partial charge in [0.05, 0.1) is 19.8 Å². The smallest absolute Gasteiger partial charge is 0.255 e. The van der Waals surface area contributed by atoms with Gasteiger partial charge in [0.2, 0.25) is 0 Å². The maximum absolute atomic E-state index is 12.6. The summed E-state index contributed by atoms with van der Waals surface area (Å²) in [4.78, 5) is 26.6. The third-order valence-electron chi connectivity index (χ3n) is 5.88. The van der Waals surface area contributed by atoms with Crippen molar-refractivity contribution in [3.63, 3.8) is 0 Å². The van der Waals surface area contributed by atoms with E-state index in [1.54, 1.807) is 68.8 Å². The van der Waals surface area contributed by atoms with Gasteiger partial charge in [-0.1, -0.05) is 12.1 Å². The lowest BCUT2D eigenvalue weighted by Gasteiger charge is -2.10. The monoisotopic (exact) mass is 504 g/mol. The number of phenols is 1. The number of amides is 1. The summed E-state index contributed by atoms with van der Waals surface area (Å²) in [6, 6.07) is 28.4. The third kappa shape index (κ3) is 5.29. The van der Waals surface area contributed by atoms with E-state index >= 15 is 0 Å². The number of nitrogens with one attached hydrogen (secondary N) is 1. The molecule has 0 fully saturated rings. The van der Waals surface area contributed by atoms with Crippen molar-refractivity contribution in [2.45, 2.75) is 0 Å². The van der Waals surface area contributed by atoms with E-state index in [4.69, 9.17) is 14.5 Å². The van der Waals surface area contributed by atoms with Crippen molar-refractivity contribution in [1.29, 1.82) is 0 Å². The number of rotatable bonds is 7. The van der Waals surface area contributed by atoms with Crippen LogP contribution in [0.2, 0.25) is 0 Å². The van der Waals surface area contributed by atoms with Crippen LogP contribution in [0.5, 0.6) is 17.2 Å². The van der Waals surface area contributed by atoms with Gasteiger partial charge in [-0.2, -0.15) is 0 Å². The lowest BCUT2D eigenvalue weighted by atomic mass is 10.1. The minimum absolute atomic E-state index is 0.0712. The number of para-hydroxylation sites is 1. The molecule has 0 unspecified atom stereocenters. The second-order valence-corrected chi connectivity index (χ2v) is 8.31. The van der Waals surface area contributed by atoms with Crippen LogP contribution in [-0.4, -0.2) is 40.2 Å². The van der Waals surface area contributed by atoms with Crippen molar-refractivity contribution in [2.24, 2.45) is 0 Å². The van der Waals surface area contributed by atoms with E-state index < -0.39 is 0 Å². The molecule has 0 bridgehead atoms. The van der Waals surface area contributed by atoms with Crippen molar-refractivity contribution in [3.8, 4) is 51.4 Å². The highest BCUT2D eigenvalue weighted by Gasteiger charge is 2.15. The molecule has 5 aromatic rings. The Kier molecular flexibility index (Phi) is 6.95. The number of phenolic OH excluding ortho intramolecular Hbond substituents is 1. The molecule has 8 heteroatoms. The van der Waals surface area contributed by atoms with Crippen LogP contribution in [-0.2, 0) is 0 Å². The Balaban J connectivity index is 1.47. The van der Waals surface area contributed by atoms with Gasteiger partial charge in [-0.05, 0) is 84.9 Å². The molecule has 38 heavy (non-hydrogen) atoms. The van der Waals surface area contributed by atoms with Crippen molar-refractivity contribution in [2.75, 3.05) is 19.5 Å². The first kappa shape index (κ1) is 24.5. The summed E-state index contributed by atoms with van der Waals surface area (Å²) in [6.07, 6.45) is 0. The molecule has 0 saturated heterocycles. The Bertz CT molecular complexity index is 1570. The zero-order chi connectivity index (χ0) is 26.5. The van der Waals surface area contributed by atoms with Crippen LogP contribution >= 0.6 is 0 Å². The molecule has 0 radical (unpaired) electrons. The van der Waals surface area contributed by atoms with Crippen molar-refractivity contribution < 1.29 is 19.4 Å². The average molecular weight is 505 g/mol. The van der Waals surface area contributed by atoms with Crippen LogP contribution in [0.25, 0.3) is 34.2 Å². The Morgan fingerprint density at radius 2 is 1.16 bits per heavy atom. The molecule has 0 aliphatic rings. The Labute approximate surface area is 219 Å². The van der Waals surface area contributed by atoms with Gasteiger partial charge in [-0.25, -0.2) is 15.0 Å². The normalized spacial score (nSPS) is 10.6. The maximum Gasteiger partial charge on any atom is 0.255 e. The van der Waals surface area contributed by atoms with Crippen molar-refractivity contribution in [3.05, 3.63) is 103 Å². The zero-order valence-electron chi connectivity index (χ0n) is 20.8. The van der Waals surface area contributed by atoms with Gasteiger partial charge >= 0.3 is 0 Å². The third-order valence-corrected chi connectivity index (χ3v) is 5.88. The van der Waals surface area contributed by atoms with E-state index in [-0.39, 0.29) is 11.7 Å². The molecule has 0 spiro atoms. The van der Waals surface area contributed by atoms with Gasteiger partial charge in [0.15, 0.2) is 17.5 Å². The van der Waals surface area contributed by atoms with Gasteiger partial charge in [0.1, 0.15) is 17.2 Å². The zero-order valence-corrected chi connectivity index (χ0v) is 20.8. The van der Waals surface area contributed by atoms with Crippen LogP contribution in [0.1, 0.15) is 10.4 Å². The molecule has 1 heterocycles. The minimum Gasteiger partial charge on any atom is -0.507 e. The summed E-state index contributed by atoms with van der Waals surface area (Å²) in [5, 5.41) is 13.3. The number of anilines is 1. The highest BCUT2D eigenvalue weighted by molar-refractivity contribution is 6.04. The first-order chi connectivity index (χ1) is 18.5. The number of carbonyl (C=O) groups excluding carboxylic acids is 1. The maximum atomic E-state index is 12.6. The van der Waals surface area contributed by atoms with Crippen molar-refractivity contribution >= 4 is 11.6 Å². The highest BCUT2D eigenvalue weighted by Crippen LogP contribution is 2.30. The molecule has 188 valence electrons. The molecule has 5 rings (SSSR count). The first-order valence-corrected chi connectivity index (χ1v) is 11.8. The number of hydrogen-bond donors (Lipinski definition) is 2. The first-order valence-electron chi connectivity index (χ1n) is 11.8.